The molecular formula is C26H35N3O4S. The van der Waals surface area contributed by atoms with Crippen molar-refractivity contribution in [3.8, 4) is 0 Å². The lowest BCUT2D eigenvalue weighted by atomic mass is 9.97. The molecule has 1 aromatic heterocycles. The summed E-state index contributed by atoms with van der Waals surface area (Å²) in [5.41, 5.74) is 2.34. The van der Waals surface area contributed by atoms with Gasteiger partial charge in [0.1, 0.15) is 0 Å². The van der Waals surface area contributed by atoms with Gasteiger partial charge in [0.2, 0.25) is 5.91 Å². The van der Waals surface area contributed by atoms with Gasteiger partial charge in [0.15, 0.2) is 5.16 Å². The molecule has 7 nitrogen and oxygen atoms in total. The third kappa shape index (κ3) is 6.29. The number of esters is 1. The Kier molecular flexibility index (Phi) is 9.33. The molecule has 2 aromatic rings. The van der Waals surface area contributed by atoms with E-state index in [1.165, 1.54) is 11.8 Å². The van der Waals surface area contributed by atoms with Gasteiger partial charge in [-0.3, -0.25) is 19.0 Å². The third-order valence-electron chi connectivity index (χ3n) is 6.20. The first kappa shape index (κ1) is 26.0. The first-order valence-electron chi connectivity index (χ1n) is 12.1. The van der Waals surface area contributed by atoms with Gasteiger partial charge in [-0.05, 0) is 38.7 Å². The standard InChI is InChI=1S/C26H35N3O4S/c1-5-11-22(24(31)29-15-10-14-20(17-29)25(32)33-6-2)34-26-27-18(3)21(23(30)28(26)4)16-19-12-8-7-9-13-19/h7-9,12-13,20,22H,5-6,10-11,14-17H2,1-4H3. The average Bonchev–Trinajstić information content (AvgIpc) is 2.85. The number of carbonyl (C=O) groups is 2. The van der Waals surface area contributed by atoms with Crippen molar-refractivity contribution < 1.29 is 14.3 Å². The molecule has 0 aliphatic carbocycles. The second-order valence-corrected chi connectivity index (χ2v) is 9.93. The van der Waals surface area contributed by atoms with Crippen LogP contribution in [0.25, 0.3) is 0 Å². The van der Waals surface area contributed by atoms with E-state index in [1.54, 1.807) is 23.4 Å². The molecule has 8 heteroatoms. The number of piperidine rings is 1. The number of likely N-dealkylation sites (tertiary alicyclic amines) is 1. The van der Waals surface area contributed by atoms with Gasteiger partial charge in [0.05, 0.1) is 17.8 Å². The highest BCUT2D eigenvalue weighted by molar-refractivity contribution is 8.00. The smallest absolute Gasteiger partial charge is 0.310 e. The van der Waals surface area contributed by atoms with E-state index in [2.05, 4.69) is 0 Å². The molecular weight excluding hydrogens is 450 g/mol. The normalized spacial score (nSPS) is 16.8. The van der Waals surface area contributed by atoms with Crippen molar-refractivity contribution in [2.45, 2.75) is 63.3 Å². The van der Waals surface area contributed by atoms with E-state index in [9.17, 15) is 14.4 Å². The van der Waals surface area contributed by atoms with Crippen LogP contribution in [0, 0.1) is 12.8 Å². The van der Waals surface area contributed by atoms with Crippen molar-refractivity contribution in [3.05, 3.63) is 57.5 Å². The molecule has 34 heavy (non-hydrogen) atoms. The molecule has 1 saturated heterocycles. The fourth-order valence-corrected chi connectivity index (χ4v) is 5.58. The van der Waals surface area contributed by atoms with Gasteiger partial charge in [0, 0.05) is 37.8 Å². The summed E-state index contributed by atoms with van der Waals surface area (Å²) in [6.45, 7) is 7.06. The van der Waals surface area contributed by atoms with E-state index in [0.717, 1.165) is 24.8 Å². The van der Waals surface area contributed by atoms with E-state index in [0.29, 0.717) is 49.0 Å². The highest BCUT2D eigenvalue weighted by atomic mass is 32.2. The molecule has 1 aliphatic rings. The van der Waals surface area contributed by atoms with Crippen molar-refractivity contribution in [2.75, 3.05) is 19.7 Å². The lowest BCUT2D eigenvalue weighted by Gasteiger charge is -2.33. The van der Waals surface area contributed by atoms with Crippen molar-refractivity contribution in [1.29, 1.82) is 0 Å². The number of carbonyl (C=O) groups excluding carboxylic acids is 2. The molecule has 1 aliphatic heterocycles. The molecule has 2 atom stereocenters. The van der Waals surface area contributed by atoms with Crippen LogP contribution in [0.15, 0.2) is 40.3 Å². The molecule has 1 aromatic carbocycles. The van der Waals surface area contributed by atoms with E-state index in [-0.39, 0.29) is 28.6 Å². The van der Waals surface area contributed by atoms with Gasteiger partial charge < -0.3 is 9.64 Å². The van der Waals surface area contributed by atoms with Gasteiger partial charge in [-0.2, -0.15) is 0 Å². The monoisotopic (exact) mass is 485 g/mol. The summed E-state index contributed by atoms with van der Waals surface area (Å²) in [6, 6.07) is 9.87. The molecule has 0 N–H and O–H groups in total. The minimum atomic E-state index is -0.358. The van der Waals surface area contributed by atoms with Crippen LogP contribution in [-0.2, 0) is 27.8 Å². The van der Waals surface area contributed by atoms with Gasteiger partial charge in [-0.1, -0.05) is 55.4 Å². The number of thioether (sulfide) groups is 1. The Morgan fingerprint density at radius 3 is 2.65 bits per heavy atom. The highest BCUT2D eigenvalue weighted by Crippen LogP contribution is 2.28. The van der Waals surface area contributed by atoms with Crippen LogP contribution in [0.3, 0.4) is 0 Å². The molecule has 2 heterocycles. The van der Waals surface area contributed by atoms with E-state index >= 15 is 0 Å². The number of hydrogen-bond acceptors (Lipinski definition) is 6. The quantitative estimate of drug-likeness (QED) is 0.306. The van der Waals surface area contributed by atoms with Crippen molar-refractivity contribution in [2.24, 2.45) is 13.0 Å². The highest BCUT2D eigenvalue weighted by Gasteiger charge is 2.33. The van der Waals surface area contributed by atoms with Crippen LogP contribution in [0.1, 0.15) is 56.4 Å². The number of aryl methyl sites for hydroxylation is 1. The largest absolute Gasteiger partial charge is 0.466 e. The van der Waals surface area contributed by atoms with Gasteiger partial charge in [-0.15, -0.1) is 0 Å². The number of aromatic nitrogens is 2. The summed E-state index contributed by atoms with van der Waals surface area (Å²) in [4.78, 5) is 45.3. The number of ether oxygens (including phenoxy) is 1. The Bertz CT molecular complexity index is 1050. The second-order valence-electron chi connectivity index (χ2n) is 8.76. The van der Waals surface area contributed by atoms with Crippen LogP contribution in [0.2, 0.25) is 0 Å². The second kappa shape index (κ2) is 12.2. The van der Waals surface area contributed by atoms with Crippen molar-refractivity contribution >= 4 is 23.6 Å². The number of nitrogens with zero attached hydrogens (tertiary/aromatic N) is 3. The molecule has 3 rings (SSSR count). The summed E-state index contributed by atoms with van der Waals surface area (Å²) in [5, 5.41) is 0.188. The Labute approximate surface area is 205 Å². The van der Waals surface area contributed by atoms with Crippen LogP contribution in [-0.4, -0.2) is 51.3 Å². The molecule has 0 spiro atoms. The van der Waals surface area contributed by atoms with E-state index in [1.807, 2.05) is 44.2 Å². The molecule has 2 unspecified atom stereocenters. The molecule has 1 fully saturated rings. The Morgan fingerprint density at radius 1 is 1.24 bits per heavy atom. The predicted molar refractivity (Wildman–Crippen MR) is 134 cm³/mol. The maximum atomic E-state index is 13.4. The molecule has 1 amide bonds. The van der Waals surface area contributed by atoms with E-state index < -0.39 is 0 Å². The zero-order valence-corrected chi connectivity index (χ0v) is 21.4. The Morgan fingerprint density at radius 2 is 1.97 bits per heavy atom. The number of benzene rings is 1. The topological polar surface area (TPSA) is 81.5 Å². The molecule has 0 saturated carbocycles. The number of amides is 1. The lowest BCUT2D eigenvalue weighted by Crippen LogP contribution is -2.46. The first-order chi connectivity index (χ1) is 16.3. The summed E-state index contributed by atoms with van der Waals surface area (Å²) < 4.78 is 6.74. The maximum absolute atomic E-state index is 13.4. The Balaban J connectivity index is 1.79. The van der Waals surface area contributed by atoms with Crippen LogP contribution in [0.4, 0.5) is 0 Å². The first-order valence-corrected chi connectivity index (χ1v) is 13.0. The zero-order valence-electron chi connectivity index (χ0n) is 20.6. The summed E-state index contributed by atoms with van der Waals surface area (Å²) >= 11 is 1.35. The summed E-state index contributed by atoms with van der Waals surface area (Å²) in [5.74, 6) is -0.499. The lowest BCUT2D eigenvalue weighted by molar-refractivity contribution is -0.151. The van der Waals surface area contributed by atoms with Crippen LogP contribution >= 0.6 is 11.8 Å². The predicted octanol–water partition coefficient (Wildman–Crippen LogP) is 3.74. The fraction of sp³-hybridized carbons (Fsp3) is 0.538. The Hall–Kier alpha value is -2.61. The minimum absolute atomic E-state index is 0.00103. The van der Waals surface area contributed by atoms with Crippen molar-refractivity contribution in [1.82, 2.24) is 14.5 Å². The molecule has 0 bridgehead atoms. The average molecular weight is 486 g/mol. The summed E-state index contributed by atoms with van der Waals surface area (Å²) in [6.07, 6.45) is 3.55. The van der Waals surface area contributed by atoms with Crippen molar-refractivity contribution in [3.63, 3.8) is 0 Å². The van der Waals surface area contributed by atoms with Gasteiger partial charge in [-0.25, -0.2) is 4.98 Å². The maximum Gasteiger partial charge on any atom is 0.310 e. The van der Waals surface area contributed by atoms with Gasteiger partial charge >= 0.3 is 5.97 Å². The zero-order chi connectivity index (χ0) is 24.7. The number of rotatable bonds is 9. The minimum Gasteiger partial charge on any atom is -0.466 e. The molecule has 0 radical (unpaired) electrons. The van der Waals surface area contributed by atoms with Gasteiger partial charge in [0.25, 0.3) is 5.56 Å². The number of hydrogen-bond donors (Lipinski definition) is 0. The fourth-order valence-electron chi connectivity index (χ4n) is 4.29. The van der Waals surface area contributed by atoms with Crippen LogP contribution in [0.5, 0.6) is 0 Å². The third-order valence-corrected chi connectivity index (χ3v) is 7.50. The van der Waals surface area contributed by atoms with E-state index in [4.69, 9.17) is 9.72 Å². The summed E-state index contributed by atoms with van der Waals surface area (Å²) in [7, 11) is 1.72. The molecule has 184 valence electrons. The SMILES string of the molecule is CCCC(Sc1nc(C)c(Cc2ccccc2)c(=O)n1C)C(=O)N1CCCC(C(=O)OCC)C1. The van der Waals surface area contributed by atoms with Crippen LogP contribution < -0.4 is 5.56 Å².